The lowest BCUT2D eigenvalue weighted by molar-refractivity contribution is -0.155. The highest BCUT2D eigenvalue weighted by molar-refractivity contribution is 6.32. The number of phenols is 1. The van der Waals surface area contributed by atoms with E-state index >= 15 is 0 Å². The second-order valence-electron chi connectivity index (χ2n) is 8.44. The molecule has 1 amide bonds. The standard InChI is InChI=1S/C21H21ClN2O8/c1-20(31)6-5-7-14(24-2)16(27)12(19(23)30)18(29)21(7,32)17(28)10(6)15(26)11-9(25)4-3-8(22)13(11)20/h3-4,6-7,14,24-26,29,31-32H,5H2,1-2H3,(H2,23,30)/t6-,7-,14-,20-,21-/m0/s1. The molecule has 3 aliphatic carbocycles. The molecule has 0 heterocycles. The number of aromatic hydroxyl groups is 1. The number of ketones is 2. The smallest absolute Gasteiger partial charge is 0.255 e. The summed E-state index contributed by atoms with van der Waals surface area (Å²) in [6.07, 6.45) is -0.270. The number of amides is 1. The molecule has 0 saturated heterocycles. The minimum Gasteiger partial charge on any atom is -0.508 e. The zero-order valence-electron chi connectivity index (χ0n) is 17.0. The van der Waals surface area contributed by atoms with Crippen molar-refractivity contribution in [2.45, 2.75) is 30.6 Å². The summed E-state index contributed by atoms with van der Waals surface area (Å²) in [5, 5.41) is 57.4. The van der Waals surface area contributed by atoms with Crippen LogP contribution in [-0.4, -0.2) is 61.7 Å². The molecule has 1 aromatic carbocycles. The summed E-state index contributed by atoms with van der Waals surface area (Å²) < 4.78 is 0. The molecule has 1 aromatic rings. The molecule has 0 spiro atoms. The number of Topliss-reactive ketones (excluding diaryl/α,β-unsaturated/α-hetero) is 2. The Morgan fingerprint density at radius 3 is 2.41 bits per heavy atom. The minimum atomic E-state index is -2.78. The Kier molecular flexibility index (Phi) is 4.73. The van der Waals surface area contributed by atoms with E-state index in [4.69, 9.17) is 17.3 Å². The molecule has 11 heteroatoms. The minimum absolute atomic E-state index is 0.0188. The maximum Gasteiger partial charge on any atom is 0.255 e. The first-order valence-electron chi connectivity index (χ1n) is 9.71. The summed E-state index contributed by atoms with van der Waals surface area (Å²) >= 11 is 6.25. The lowest BCUT2D eigenvalue weighted by Crippen LogP contribution is -2.66. The molecule has 4 rings (SSSR count). The van der Waals surface area contributed by atoms with Crippen molar-refractivity contribution in [1.29, 1.82) is 0 Å². The molecular weight excluding hydrogens is 444 g/mol. The summed E-state index contributed by atoms with van der Waals surface area (Å²) in [6.45, 7) is 1.33. The van der Waals surface area contributed by atoms with Crippen LogP contribution in [0.15, 0.2) is 29.0 Å². The van der Waals surface area contributed by atoms with Crippen molar-refractivity contribution in [3.05, 3.63) is 45.2 Å². The van der Waals surface area contributed by atoms with Gasteiger partial charge in [-0.3, -0.25) is 14.4 Å². The van der Waals surface area contributed by atoms with E-state index in [0.717, 1.165) is 6.07 Å². The molecule has 0 radical (unpaired) electrons. The van der Waals surface area contributed by atoms with Gasteiger partial charge in [0, 0.05) is 28.0 Å². The van der Waals surface area contributed by atoms with Crippen LogP contribution >= 0.6 is 11.6 Å². The number of likely N-dealkylation sites (N-methyl/N-ethyl adjacent to an activating group) is 1. The Hall–Kier alpha value is -2.92. The van der Waals surface area contributed by atoms with Crippen molar-refractivity contribution in [3.8, 4) is 5.75 Å². The van der Waals surface area contributed by atoms with Gasteiger partial charge in [0.1, 0.15) is 22.8 Å². The molecule has 32 heavy (non-hydrogen) atoms. The van der Waals surface area contributed by atoms with Gasteiger partial charge < -0.3 is 36.6 Å². The zero-order valence-corrected chi connectivity index (χ0v) is 17.8. The van der Waals surface area contributed by atoms with Crippen LogP contribution in [-0.2, 0) is 20.0 Å². The van der Waals surface area contributed by atoms with Crippen molar-refractivity contribution in [2.75, 3.05) is 7.05 Å². The van der Waals surface area contributed by atoms with Crippen molar-refractivity contribution in [3.63, 3.8) is 0 Å². The van der Waals surface area contributed by atoms with Crippen LogP contribution in [0.25, 0.3) is 5.76 Å². The van der Waals surface area contributed by atoms with E-state index in [1.807, 2.05) is 0 Å². The van der Waals surface area contributed by atoms with Crippen LogP contribution in [0.2, 0.25) is 5.02 Å². The van der Waals surface area contributed by atoms with E-state index in [9.17, 15) is 39.9 Å². The van der Waals surface area contributed by atoms with E-state index in [1.54, 1.807) is 0 Å². The van der Waals surface area contributed by atoms with Crippen molar-refractivity contribution >= 4 is 34.8 Å². The zero-order chi connectivity index (χ0) is 23.9. The number of hydrogen-bond donors (Lipinski definition) is 7. The molecule has 0 bridgehead atoms. The number of nitrogens with one attached hydrogen (secondary N) is 1. The van der Waals surface area contributed by atoms with Gasteiger partial charge >= 0.3 is 0 Å². The number of benzene rings is 1. The van der Waals surface area contributed by atoms with Gasteiger partial charge in [0.05, 0.1) is 17.2 Å². The number of phenolic OH excluding ortho intramolecular Hbond substituents is 1. The lowest BCUT2D eigenvalue weighted by atomic mass is 9.54. The quantitative estimate of drug-likeness (QED) is 0.294. The van der Waals surface area contributed by atoms with Gasteiger partial charge in [-0.05, 0) is 32.5 Å². The number of aliphatic hydroxyl groups excluding tert-OH is 2. The van der Waals surface area contributed by atoms with E-state index in [-0.39, 0.29) is 22.6 Å². The summed E-state index contributed by atoms with van der Waals surface area (Å²) in [4.78, 5) is 38.2. The summed E-state index contributed by atoms with van der Waals surface area (Å²) in [5.41, 5.74) is -1.19. The maximum absolute atomic E-state index is 13.6. The average Bonchev–Trinajstić information content (AvgIpc) is 2.70. The van der Waals surface area contributed by atoms with Gasteiger partial charge in [-0.15, -0.1) is 0 Å². The second-order valence-corrected chi connectivity index (χ2v) is 8.84. The number of nitrogens with two attached hydrogens (primary N) is 1. The number of hydrogen-bond acceptors (Lipinski definition) is 9. The fraction of sp³-hybridized carbons (Fsp3) is 0.381. The van der Waals surface area contributed by atoms with E-state index < -0.39 is 75.0 Å². The number of carbonyl (C=O) groups excluding carboxylic acids is 3. The van der Waals surface area contributed by atoms with Crippen molar-refractivity contribution in [1.82, 2.24) is 5.32 Å². The molecule has 170 valence electrons. The number of primary amides is 1. The van der Waals surface area contributed by atoms with Crippen LogP contribution in [0.4, 0.5) is 0 Å². The van der Waals surface area contributed by atoms with Crippen LogP contribution in [0.1, 0.15) is 24.5 Å². The molecule has 0 aliphatic heterocycles. The lowest BCUT2D eigenvalue weighted by Gasteiger charge is -2.52. The monoisotopic (exact) mass is 464 g/mol. The number of halogens is 1. The summed E-state index contributed by atoms with van der Waals surface area (Å²) in [5.74, 6) is -8.39. The van der Waals surface area contributed by atoms with Crippen molar-refractivity contribution in [2.24, 2.45) is 17.6 Å². The fourth-order valence-corrected chi connectivity index (χ4v) is 5.69. The fourth-order valence-electron chi connectivity index (χ4n) is 5.34. The molecule has 1 saturated carbocycles. The Balaban J connectivity index is 2.06. The molecule has 1 fully saturated rings. The predicted octanol–water partition coefficient (Wildman–Crippen LogP) is -0.0598. The highest BCUT2D eigenvalue weighted by Gasteiger charge is 2.66. The predicted molar refractivity (Wildman–Crippen MR) is 110 cm³/mol. The largest absolute Gasteiger partial charge is 0.508 e. The van der Waals surface area contributed by atoms with Gasteiger partial charge in [0.15, 0.2) is 11.4 Å². The molecule has 5 atom stereocenters. The van der Waals surface area contributed by atoms with Crippen LogP contribution < -0.4 is 11.1 Å². The molecule has 10 nitrogen and oxygen atoms in total. The van der Waals surface area contributed by atoms with Gasteiger partial charge in [-0.25, -0.2) is 0 Å². The highest BCUT2D eigenvalue weighted by Crippen LogP contribution is 2.57. The average molecular weight is 465 g/mol. The number of rotatable bonds is 2. The van der Waals surface area contributed by atoms with Gasteiger partial charge in [0.2, 0.25) is 5.78 Å². The number of carbonyl (C=O) groups is 3. The summed E-state index contributed by atoms with van der Waals surface area (Å²) in [6, 6.07) is 1.18. The van der Waals surface area contributed by atoms with Crippen LogP contribution in [0.5, 0.6) is 5.75 Å². The van der Waals surface area contributed by atoms with Gasteiger partial charge in [0.25, 0.3) is 5.91 Å². The van der Waals surface area contributed by atoms with Crippen LogP contribution in [0, 0.1) is 11.8 Å². The van der Waals surface area contributed by atoms with Crippen LogP contribution in [0.3, 0.4) is 0 Å². The molecule has 0 unspecified atom stereocenters. The Morgan fingerprint density at radius 2 is 1.84 bits per heavy atom. The van der Waals surface area contributed by atoms with Gasteiger partial charge in [-0.2, -0.15) is 0 Å². The number of fused-ring (bicyclic) bond motifs is 3. The van der Waals surface area contributed by atoms with Crippen molar-refractivity contribution < 1.29 is 39.9 Å². The Morgan fingerprint density at radius 1 is 1.22 bits per heavy atom. The highest BCUT2D eigenvalue weighted by atomic mass is 35.5. The Labute approximate surface area is 186 Å². The third-order valence-electron chi connectivity index (χ3n) is 6.86. The molecule has 0 aromatic heterocycles. The Bertz CT molecular complexity index is 1170. The first kappa shape index (κ1) is 22.3. The maximum atomic E-state index is 13.6. The van der Waals surface area contributed by atoms with Gasteiger partial charge in [-0.1, -0.05) is 11.6 Å². The first-order valence-corrected chi connectivity index (χ1v) is 10.1. The SMILES string of the molecule is CN[C@@H]1C(=O)C(C(N)=O)=C(O)[C@@]2(O)C(=O)C3=C(O)c4c(O)ccc(Cl)c4[C@@](C)(O)[C@H]3C[C@@H]12. The second kappa shape index (κ2) is 6.79. The third-order valence-corrected chi connectivity index (χ3v) is 7.18. The van der Waals surface area contributed by atoms with E-state index in [0.29, 0.717) is 0 Å². The third kappa shape index (κ3) is 2.49. The number of aliphatic hydroxyl groups is 4. The van der Waals surface area contributed by atoms with E-state index in [2.05, 4.69) is 5.32 Å². The molecule has 3 aliphatic rings. The topological polar surface area (TPSA) is 190 Å². The first-order chi connectivity index (χ1) is 14.8. The molecular formula is C21H21ClN2O8. The normalized spacial score (nSPS) is 34.2. The summed E-state index contributed by atoms with van der Waals surface area (Å²) in [7, 11) is 1.36. The molecule has 8 N–H and O–H groups in total. The van der Waals surface area contributed by atoms with E-state index in [1.165, 1.54) is 20.0 Å².